The smallest absolute Gasteiger partial charge is 0.162 e. The summed E-state index contributed by atoms with van der Waals surface area (Å²) in [5, 5.41) is 9.38. The molecule has 1 aliphatic carbocycles. The Morgan fingerprint density at radius 3 is 2.88 bits per heavy atom. The number of allylic oxidation sites excluding steroid dienone is 5. The molecule has 0 unspecified atom stereocenters. The number of amidine groups is 1. The molecule has 0 aromatic heterocycles. The summed E-state index contributed by atoms with van der Waals surface area (Å²) in [5.74, 6) is -0.559. The number of hydrogen-bond acceptors (Lipinski definition) is 2. The third-order valence-electron chi connectivity index (χ3n) is 2.29. The average Bonchev–Trinajstić information content (AvgIpc) is 2.25. The van der Waals surface area contributed by atoms with Crippen LogP contribution in [0.4, 0.5) is 4.39 Å². The molecular weight excluding hydrogens is 243 g/mol. The zero-order valence-corrected chi connectivity index (χ0v) is 10.3. The van der Waals surface area contributed by atoms with Crippen molar-refractivity contribution in [2.24, 2.45) is 10.7 Å². The molecule has 3 N–H and O–H groups in total. The predicted molar refractivity (Wildman–Crippen MR) is 68.5 cm³/mol. The number of halogens is 2. The van der Waals surface area contributed by atoms with Gasteiger partial charge >= 0.3 is 0 Å². The molecule has 0 heterocycles. The van der Waals surface area contributed by atoms with E-state index in [1.54, 1.807) is 6.08 Å². The third kappa shape index (κ3) is 3.20. The van der Waals surface area contributed by atoms with Gasteiger partial charge in [0.2, 0.25) is 0 Å². The van der Waals surface area contributed by atoms with Crippen LogP contribution in [0.2, 0.25) is 0 Å². The van der Waals surface area contributed by atoms with Gasteiger partial charge in [0.25, 0.3) is 0 Å². The molecule has 1 rings (SSSR count). The Bertz CT molecular complexity index is 457. The average molecular weight is 257 g/mol. The molecular formula is C12H14ClFN2O. The summed E-state index contributed by atoms with van der Waals surface area (Å²) in [4.78, 5) is 3.94. The third-order valence-corrected chi connectivity index (χ3v) is 2.61. The van der Waals surface area contributed by atoms with E-state index in [0.717, 1.165) is 0 Å². The summed E-state index contributed by atoms with van der Waals surface area (Å²) in [7, 11) is 0. The molecule has 0 amide bonds. The van der Waals surface area contributed by atoms with Crippen molar-refractivity contribution >= 4 is 17.4 Å². The fraction of sp³-hybridized carbons (Fsp3) is 0.250. The number of aliphatic hydroxyl groups is 1. The maximum atomic E-state index is 13.6. The number of aliphatic imine (C=N–C) groups is 1. The van der Waals surface area contributed by atoms with Crippen LogP contribution in [0, 0.1) is 0 Å². The van der Waals surface area contributed by atoms with Gasteiger partial charge in [-0.25, -0.2) is 9.38 Å². The van der Waals surface area contributed by atoms with Crippen molar-refractivity contribution in [2.45, 2.75) is 19.8 Å². The maximum Gasteiger partial charge on any atom is 0.162 e. The minimum Gasteiger partial charge on any atom is -0.512 e. The molecule has 0 aliphatic heterocycles. The summed E-state index contributed by atoms with van der Waals surface area (Å²) >= 11 is 5.66. The van der Waals surface area contributed by atoms with Crippen molar-refractivity contribution in [3.8, 4) is 0 Å². The highest BCUT2D eigenvalue weighted by molar-refractivity contribution is 6.31. The summed E-state index contributed by atoms with van der Waals surface area (Å²) in [6, 6.07) is 0. The Kier molecular flexibility index (Phi) is 4.52. The van der Waals surface area contributed by atoms with E-state index in [9.17, 15) is 9.50 Å². The van der Waals surface area contributed by atoms with Gasteiger partial charge in [-0.3, -0.25) is 0 Å². The van der Waals surface area contributed by atoms with E-state index in [1.165, 1.54) is 13.0 Å². The highest BCUT2D eigenvalue weighted by Crippen LogP contribution is 2.29. The second kappa shape index (κ2) is 5.68. The van der Waals surface area contributed by atoms with Crippen LogP contribution < -0.4 is 5.73 Å². The lowest BCUT2D eigenvalue weighted by molar-refractivity contribution is 0.412. The van der Waals surface area contributed by atoms with E-state index in [2.05, 4.69) is 11.6 Å². The van der Waals surface area contributed by atoms with E-state index < -0.39 is 5.83 Å². The Morgan fingerprint density at radius 2 is 2.35 bits per heavy atom. The lowest BCUT2D eigenvalue weighted by Crippen LogP contribution is -2.16. The molecule has 17 heavy (non-hydrogen) atoms. The first-order chi connectivity index (χ1) is 7.97. The molecule has 0 atom stereocenters. The van der Waals surface area contributed by atoms with E-state index in [1.807, 2.05) is 0 Å². The Labute approximate surface area is 104 Å². The summed E-state index contributed by atoms with van der Waals surface area (Å²) in [6.07, 6.45) is 4.00. The van der Waals surface area contributed by atoms with Crippen LogP contribution in [0.3, 0.4) is 0 Å². The van der Waals surface area contributed by atoms with E-state index in [4.69, 9.17) is 17.3 Å². The Balaban J connectivity index is 3.13. The molecule has 92 valence electrons. The van der Waals surface area contributed by atoms with Crippen LogP contribution in [0.25, 0.3) is 0 Å². The number of nitrogens with zero attached hydrogens (tertiary/aromatic N) is 1. The topological polar surface area (TPSA) is 58.6 Å². The van der Waals surface area contributed by atoms with E-state index in [0.29, 0.717) is 12.8 Å². The minimum absolute atomic E-state index is 0.0142. The first kappa shape index (κ1) is 13.5. The largest absolute Gasteiger partial charge is 0.512 e. The minimum atomic E-state index is -0.570. The number of nitrogens with two attached hydrogens (primary N) is 1. The van der Waals surface area contributed by atoms with Gasteiger partial charge in [0.15, 0.2) is 5.83 Å². The van der Waals surface area contributed by atoms with Crippen LogP contribution >= 0.6 is 11.6 Å². The summed E-state index contributed by atoms with van der Waals surface area (Å²) in [6.45, 7) is 4.96. The van der Waals surface area contributed by atoms with Gasteiger partial charge < -0.3 is 10.8 Å². The fourth-order valence-corrected chi connectivity index (χ4v) is 1.64. The Hall–Kier alpha value is -1.55. The molecule has 5 heteroatoms. The second-order valence-corrected chi connectivity index (χ2v) is 3.96. The van der Waals surface area contributed by atoms with Gasteiger partial charge in [-0.15, -0.1) is 0 Å². The van der Waals surface area contributed by atoms with Crippen LogP contribution in [-0.4, -0.2) is 10.9 Å². The molecule has 0 bridgehead atoms. The number of aliphatic hydroxyl groups excluding tert-OH is 1. The van der Waals surface area contributed by atoms with Gasteiger partial charge in [0.1, 0.15) is 11.6 Å². The molecule has 0 radical (unpaired) electrons. The molecule has 0 fully saturated rings. The van der Waals surface area contributed by atoms with Crippen molar-refractivity contribution in [3.63, 3.8) is 0 Å². The quantitative estimate of drug-likeness (QED) is 0.352. The number of hydrogen-bond donors (Lipinski definition) is 2. The van der Waals surface area contributed by atoms with Crippen LogP contribution in [0.5, 0.6) is 0 Å². The summed E-state index contributed by atoms with van der Waals surface area (Å²) in [5.41, 5.74) is 6.14. The predicted octanol–water partition coefficient (Wildman–Crippen LogP) is 3.46. The zero-order valence-electron chi connectivity index (χ0n) is 9.50. The summed E-state index contributed by atoms with van der Waals surface area (Å²) < 4.78 is 13.6. The molecule has 3 nitrogen and oxygen atoms in total. The van der Waals surface area contributed by atoms with Crippen molar-refractivity contribution in [2.75, 3.05) is 0 Å². The molecule has 0 aromatic rings. The second-order valence-electron chi connectivity index (χ2n) is 3.55. The van der Waals surface area contributed by atoms with Gasteiger partial charge in [0.05, 0.1) is 16.3 Å². The van der Waals surface area contributed by atoms with Crippen molar-refractivity contribution < 1.29 is 9.50 Å². The van der Waals surface area contributed by atoms with E-state index >= 15 is 0 Å². The lowest BCUT2D eigenvalue weighted by atomic mass is 10.1. The normalized spacial score (nSPS) is 18.8. The lowest BCUT2D eigenvalue weighted by Gasteiger charge is -2.10. The maximum absolute atomic E-state index is 13.6. The number of rotatable bonds is 3. The fourth-order valence-electron chi connectivity index (χ4n) is 1.42. The van der Waals surface area contributed by atoms with Crippen molar-refractivity contribution in [1.29, 1.82) is 0 Å². The van der Waals surface area contributed by atoms with Gasteiger partial charge in [-0.05, 0) is 19.8 Å². The van der Waals surface area contributed by atoms with Crippen molar-refractivity contribution in [1.82, 2.24) is 0 Å². The SMILES string of the molecule is C=CC(C(N)=NC1=C(F)C(Cl)=CCC1)=C(C)O. The standard InChI is InChI=1S/C12H14ClFN2O/c1-3-8(7(2)17)12(15)16-10-6-4-5-9(13)11(10)14/h3,5,17H,1,4,6H2,2H3,(H2,15,16). The van der Waals surface area contributed by atoms with Crippen molar-refractivity contribution in [3.05, 3.63) is 46.6 Å². The molecule has 0 aromatic carbocycles. The van der Waals surface area contributed by atoms with Gasteiger partial charge in [-0.2, -0.15) is 0 Å². The van der Waals surface area contributed by atoms with Crippen LogP contribution in [0.15, 0.2) is 51.6 Å². The van der Waals surface area contributed by atoms with Gasteiger partial charge in [-0.1, -0.05) is 30.3 Å². The highest BCUT2D eigenvalue weighted by atomic mass is 35.5. The highest BCUT2D eigenvalue weighted by Gasteiger charge is 2.15. The molecule has 1 aliphatic rings. The first-order valence-electron chi connectivity index (χ1n) is 5.08. The first-order valence-corrected chi connectivity index (χ1v) is 5.46. The van der Waals surface area contributed by atoms with Gasteiger partial charge in [0, 0.05) is 0 Å². The monoisotopic (exact) mass is 256 g/mol. The molecule has 0 spiro atoms. The van der Waals surface area contributed by atoms with E-state index in [-0.39, 0.29) is 27.9 Å². The zero-order chi connectivity index (χ0) is 13.0. The molecule has 0 saturated heterocycles. The molecule has 0 saturated carbocycles. The Morgan fingerprint density at radius 1 is 1.71 bits per heavy atom. The van der Waals surface area contributed by atoms with Crippen LogP contribution in [-0.2, 0) is 0 Å². The van der Waals surface area contributed by atoms with Crippen LogP contribution in [0.1, 0.15) is 19.8 Å².